The van der Waals surface area contributed by atoms with Crippen molar-refractivity contribution in [1.82, 2.24) is 9.38 Å². The second-order valence-corrected chi connectivity index (χ2v) is 4.98. The second-order valence-electron chi connectivity index (χ2n) is 4.98. The third-order valence-electron chi connectivity index (χ3n) is 3.88. The van der Waals surface area contributed by atoms with Crippen molar-refractivity contribution >= 4 is 5.52 Å². The van der Waals surface area contributed by atoms with Crippen molar-refractivity contribution in [2.45, 2.75) is 45.1 Å². The molecule has 90 valence electrons. The number of nitrogens with zero attached hydrogens (tertiary/aromatic N) is 2. The van der Waals surface area contributed by atoms with Gasteiger partial charge < -0.3 is 5.73 Å². The van der Waals surface area contributed by atoms with Gasteiger partial charge in [0.1, 0.15) is 5.82 Å². The standard InChI is InChI=1S/C14H19N3/c1-10-13-8-4-7-12(9-15)17(13)14(16-10)11-5-2-3-6-11/h4,7-8,11H,2-3,5-6,9,15H2,1H3. The lowest BCUT2D eigenvalue weighted by atomic mass is 10.1. The highest BCUT2D eigenvalue weighted by Gasteiger charge is 2.23. The summed E-state index contributed by atoms with van der Waals surface area (Å²) in [7, 11) is 0. The Kier molecular flexibility index (Phi) is 2.63. The van der Waals surface area contributed by atoms with E-state index in [1.54, 1.807) is 0 Å². The normalized spacial score (nSPS) is 17.1. The van der Waals surface area contributed by atoms with E-state index in [4.69, 9.17) is 10.7 Å². The monoisotopic (exact) mass is 229 g/mol. The predicted molar refractivity (Wildman–Crippen MR) is 69.0 cm³/mol. The average Bonchev–Trinajstić information content (AvgIpc) is 2.97. The molecule has 1 saturated carbocycles. The molecule has 1 fully saturated rings. The molecule has 2 heterocycles. The molecule has 3 nitrogen and oxygen atoms in total. The summed E-state index contributed by atoms with van der Waals surface area (Å²) >= 11 is 0. The number of imidazole rings is 1. The third-order valence-corrected chi connectivity index (χ3v) is 3.88. The van der Waals surface area contributed by atoms with E-state index in [2.05, 4.69) is 29.5 Å². The zero-order chi connectivity index (χ0) is 11.8. The van der Waals surface area contributed by atoms with Crippen LogP contribution < -0.4 is 5.73 Å². The Morgan fingerprint density at radius 2 is 2.12 bits per heavy atom. The summed E-state index contributed by atoms with van der Waals surface area (Å²) in [5.74, 6) is 1.86. The molecular weight excluding hydrogens is 210 g/mol. The molecule has 0 bridgehead atoms. The van der Waals surface area contributed by atoms with Gasteiger partial charge in [-0.25, -0.2) is 4.98 Å². The van der Waals surface area contributed by atoms with Crippen LogP contribution in [0, 0.1) is 6.92 Å². The summed E-state index contributed by atoms with van der Waals surface area (Å²) in [4.78, 5) is 4.79. The highest BCUT2D eigenvalue weighted by molar-refractivity contribution is 5.54. The minimum absolute atomic E-state index is 0.576. The average molecular weight is 229 g/mol. The first kappa shape index (κ1) is 10.8. The number of fused-ring (bicyclic) bond motifs is 1. The van der Waals surface area contributed by atoms with Gasteiger partial charge in [-0.3, -0.25) is 4.40 Å². The molecule has 0 aromatic carbocycles. The van der Waals surface area contributed by atoms with Crippen molar-refractivity contribution in [2.75, 3.05) is 0 Å². The van der Waals surface area contributed by atoms with E-state index in [9.17, 15) is 0 Å². The van der Waals surface area contributed by atoms with Gasteiger partial charge in [0.2, 0.25) is 0 Å². The molecule has 2 N–H and O–H groups in total. The molecule has 0 radical (unpaired) electrons. The van der Waals surface area contributed by atoms with Crippen LogP contribution in [-0.4, -0.2) is 9.38 Å². The van der Waals surface area contributed by atoms with Crippen LogP contribution in [0.15, 0.2) is 18.2 Å². The minimum Gasteiger partial charge on any atom is -0.325 e. The molecule has 0 aliphatic heterocycles. The van der Waals surface area contributed by atoms with E-state index in [1.165, 1.54) is 42.7 Å². The summed E-state index contributed by atoms with van der Waals surface area (Å²) < 4.78 is 2.28. The summed E-state index contributed by atoms with van der Waals surface area (Å²) in [6, 6.07) is 6.32. The van der Waals surface area contributed by atoms with Gasteiger partial charge in [0.25, 0.3) is 0 Å². The molecule has 0 amide bonds. The maximum absolute atomic E-state index is 5.84. The predicted octanol–water partition coefficient (Wildman–Crippen LogP) is 2.76. The molecule has 0 atom stereocenters. The van der Waals surface area contributed by atoms with Gasteiger partial charge in [-0.1, -0.05) is 18.9 Å². The number of hydrogen-bond donors (Lipinski definition) is 1. The van der Waals surface area contributed by atoms with E-state index in [0.717, 1.165) is 5.69 Å². The van der Waals surface area contributed by atoms with Gasteiger partial charge in [-0.15, -0.1) is 0 Å². The Hall–Kier alpha value is -1.35. The van der Waals surface area contributed by atoms with Crippen LogP contribution in [-0.2, 0) is 6.54 Å². The van der Waals surface area contributed by atoms with E-state index >= 15 is 0 Å². The van der Waals surface area contributed by atoms with Crippen LogP contribution in [0.3, 0.4) is 0 Å². The molecular formula is C14H19N3. The van der Waals surface area contributed by atoms with E-state index in [-0.39, 0.29) is 0 Å². The number of aryl methyl sites for hydroxylation is 1. The second kappa shape index (κ2) is 4.15. The van der Waals surface area contributed by atoms with Crippen LogP contribution in [0.5, 0.6) is 0 Å². The number of rotatable bonds is 2. The van der Waals surface area contributed by atoms with Crippen molar-refractivity contribution < 1.29 is 0 Å². The summed E-state index contributed by atoms with van der Waals surface area (Å²) in [6.45, 7) is 2.67. The first-order chi connectivity index (χ1) is 8.31. The Bertz CT molecular complexity index is 536. The lowest BCUT2D eigenvalue weighted by Crippen LogP contribution is -2.08. The molecule has 1 aliphatic rings. The van der Waals surface area contributed by atoms with Gasteiger partial charge >= 0.3 is 0 Å². The molecule has 1 aliphatic carbocycles. The number of hydrogen-bond acceptors (Lipinski definition) is 2. The highest BCUT2D eigenvalue weighted by Crippen LogP contribution is 2.34. The van der Waals surface area contributed by atoms with Crippen molar-refractivity contribution in [3.05, 3.63) is 35.4 Å². The quantitative estimate of drug-likeness (QED) is 0.860. The molecule has 2 aromatic heterocycles. The largest absolute Gasteiger partial charge is 0.325 e. The third kappa shape index (κ3) is 1.65. The molecule has 3 heteroatoms. The van der Waals surface area contributed by atoms with Gasteiger partial charge in [-0.05, 0) is 31.9 Å². The summed E-state index contributed by atoms with van der Waals surface area (Å²) in [5, 5.41) is 0. The molecule has 0 unspecified atom stereocenters. The summed E-state index contributed by atoms with van der Waals surface area (Å²) in [5.41, 5.74) is 9.36. The minimum atomic E-state index is 0.576. The lowest BCUT2D eigenvalue weighted by Gasteiger charge is -2.11. The van der Waals surface area contributed by atoms with Gasteiger partial charge in [0, 0.05) is 18.2 Å². The van der Waals surface area contributed by atoms with Gasteiger partial charge in [0.05, 0.1) is 11.2 Å². The van der Waals surface area contributed by atoms with Crippen LogP contribution in [0.2, 0.25) is 0 Å². The van der Waals surface area contributed by atoms with Crippen LogP contribution in [0.1, 0.15) is 48.8 Å². The van der Waals surface area contributed by atoms with Crippen LogP contribution in [0.25, 0.3) is 5.52 Å². The fourth-order valence-corrected chi connectivity index (χ4v) is 3.00. The van der Waals surface area contributed by atoms with Crippen molar-refractivity contribution in [1.29, 1.82) is 0 Å². The zero-order valence-electron chi connectivity index (χ0n) is 10.3. The van der Waals surface area contributed by atoms with Crippen LogP contribution in [0.4, 0.5) is 0 Å². The molecule has 17 heavy (non-hydrogen) atoms. The Morgan fingerprint density at radius 3 is 2.82 bits per heavy atom. The molecule has 3 rings (SSSR count). The fraction of sp³-hybridized carbons (Fsp3) is 0.500. The first-order valence-corrected chi connectivity index (χ1v) is 6.48. The Morgan fingerprint density at radius 1 is 1.35 bits per heavy atom. The van der Waals surface area contributed by atoms with E-state index < -0.39 is 0 Å². The maximum Gasteiger partial charge on any atom is 0.116 e. The number of aromatic nitrogens is 2. The molecule has 0 spiro atoms. The SMILES string of the molecule is Cc1nc(C2CCCC2)n2c(CN)cccc12. The van der Waals surface area contributed by atoms with E-state index in [1.807, 2.05) is 0 Å². The number of pyridine rings is 1. The first-order valence-electron chi connectivity index (χ1n) is 6.48. The number of nitrogens with two attached hydrogens (primary N) is 1. The molecule has 0 saturated heterocycles. The van der Waals surface area contributed by atoms with Crippen molar-refractivity contribution in [3.63, 3.8) is 0 Å². The Labute approximate surface area is 102 Å². The fourth-order valence-electron chi connectivity index (χ4n) is 3.00. The van der Waals surface area contributed by atoms with Gasteiger partial charge in [-0.2, -0.15) is 0 Å². The van der Waals surface area contributed by atoms with Crippen molar-refractivity contribution in [3.8, 4) is 0 Å². The molecule has 2 aromatic rings. The Balaban J connectivity index is 2.23. The highest BCUT2D eigenvalue weighted by atomic mass is 15.0. The lowest BCUT2D eigenvalue weighted by molar-refractivity contribution is 0.656. The summed E-state index contributed by atoms with van der Waals surface area (Å²) in [6.07, 6.45) is 5.22. The maximum atomic E-state index is 5.84. The van der Waals surface area contributed by atoms with E-state index in [0.29, 0.717) is 12.5 Å². The van der Waals surface area contributed by atoms with Crippen LogP contribution >= 0.6 is 0 Å². The van der Waals surface area contributed by atoms with Gasteiger partial charge in [0.15, 0.2) is 0 Å². The smallest absolute Gasteiger partial charge is 0.116 e. The zero-order valence-corrected chi connectivity index (χ0v) is 10.3. The topological polar surface area (TPSA) is 43.3 Å². The van der Waals surface area contributed by atoms with Crippen molar-refractivity contribution in [2.24, 2.45) is 5.73 Å².